The summed E-state index contributed by atoms with van der Waals surface area (Å²) in [6.07, 6.45) is 2.39. The normalized spacial score (nSPS) is 16.5. The summed E-state index contributed by atoms with van der Waals surface area (Å²) in [4.78, 5) is 19.3. The van der Waals surface area contributed by atoms with Crippen LogP contribution in [0.2, 0.25) is 0 Å². The summed E-state index contributed by atoms with van der Waals surface area (Å²) in [6.45, 7) is 5.63. The van der Waals surface area contributed by atoms with Crippen molar-refractivity contribution in [2.45, 2.75) is 38.7 Å². The van der Waals surface area contributed by atoms with E-state index in [0.717, 1.165) is 30.2 Å². The van der Waals surface area contributed by atoms with Crippen molar-refractivity contribution < 1.29 is 9.90 Å². The van der Waals surface area contributed by atoms with E-state index in [1.807, 2.05) is 49.4 Å². The Morgan fingerprint density at radius 1 is 1.20 bits per heavy atom. The zero-order valence-electron chi connectivity index (χ0n) is 14.8. The Morgan fingerprint density at radius 2 is 1.88 bits per heavy atom. The maximum Gasteiger partial charge on any atom is 0.227 e. The van der Waals surface area contributed by atoms with Gasteiger partial charge in [0.1, 0.15) is 5.82 Å². The standard InChI is InChI=1S/C20H25N3O2/c1-15-17(10-11-18(21-15)23-12-6-7-13-23)22-19(24)14-20(2,25)16-8-4-3-5-9-16/h3-5,8-11,25H,6-7,12-14H2,1-2H3,(H,22,24)/t20-/m0/s1. The number of hydrogen-bond donors (Lipinski definition) is 2. The highest BCUT2D eigenvalue weighted by molar-refractivity contribution is 5.92. The number of pyridine rings is 1. The fourth-order valence-corrected chi connectivity index (χ4v) is 3.21. The van der Waals surface area contributed by atoms with E-state index in [9.17, 15) is 9.90 Å². The van der Waals surface area contributed by atoms with Gasteiger partial charge in [-0.3, -0.25) is 4.79 Å². The average molecular weight is 339 g/mol. The van der Waals surface area contributed by atoms with E-state index in [2.05, 4.69) is 15.2 Å². The molecule has 2 aromatic rings. The highest BCUT2D eigenvalue weighted by Gasteiger charge is 2.26. The van der Waals surface area contributed by atoms with Gasteiger partial charge in [-0.1, -0.05) is 30.3 Å². The van der Waals surface area contributed by atoms with Gasteiger partial charge >= 0.3 is 0 Å². The quantitative estimate of drug-likeness (QED) is 0.878. The van der Waals surface area contributed by atoms with Crippen LogP contribution in [0.5, 0.6) is 0 Å². The second-order valence-electron chi connectivity index (χ2n) is 6.86. The number of hydrogen-bond acceptors (Lipinski definition) is 4. The number of aliphatic hydroxyl groups is 1. The van der Waals surface area contributed by atoms with Crippen molar-refractivity contribution in [2.24, 2.45) is 0 Å². The molecule has 0 spiro atoms. The van der Waals surface area contributed by atoms with Crippen LogP contribution >= 0.6 is 0 Å². The lowest BCUT2D eigenvalue weighted by Crippen LogP contribution is -2.28. The van der Waals surface area contributed by atoms with Crippen LogP contribution in [0.1, 0.15) is 37.4 Å². The van der Waals surface area contributed by atoms with E-state index in [1.54, 1.807) is 6.92 Å². The minimum absolute atomic E-state index is 0.00959. The SMILES string of the molecule is Cc1nc(N2CCCC2)ccc1NC(=O)C[C@](C)(O)c1ccccc1. The number of amides is 1. The summed E-state index contributed by atoms with van der Waals surface area (Å²) in [5.41, 5.74) is 1.00. The molecule has 5 heteroatoms. The number of carbonyl (C=O) groups excluding carboxylic acids is 1. The van der Waals surface area contributed by atoms with E-state index in [1.165, 1.54) is 12.8 Å². The molecule has 5 nitrogen and oxygen atoms in total. The molecule has 0 bridgehead atoms. The molecule has 1 aromatic heterocycles. The smallest absolute Gasteiger partial charge is 0.227 e. The van der Waals surface area contributed by atoms with Crippen LogP contribution in [0, 0.1) is 6.92 Å². The third-order valence-electron chi connectivity index (χ3n) is 4.68. The Kier molecular flexibility index (Phi) is 5.04. The Balaban J connectivity index is 1.66. The van der Waals surface area contributed by atoms with Crippen LogP contribution in [0.4, 0.5) is 11.5 Å². The van der Waals surface area contributed by atoms with E-state index in [-0.39, 0.29) is 12.3 Å². The molecular weight excluding hydrogens is 314 g/mol. The minimum Gasteiger partial charge on any atom is -0.385 e. The lowest BCUT2D eigenvalue weighted by molar-refractivity contribution is -0.120. The fourth-order valence-electron chi connectivity index (χ4n) is 3.21. The van der Waals surface area contributed by atoms with Crippen LogP contribution in [0.25, 0.3) is 0 Å². The Labute approximate surface area is 148 Å². The fraction of sp³-hybridized carbons (Fsp3) is 0.400. The van der Waals surface area contributed by atoms with Crippen molar-refractivity contribution in [3.8, 4) is 0 Å². The Bertz CT molecular complexity index is 738. The van der Waals surface area contributed by atoms with E-state index in [0.29, 0.717) is 5.69 Å². The maximum atomic E-state index is 12.4. The molecule has 1 aliphatic heterocycles. The first-order valence-corrected chi connectivity index (χ1v) is 8.76. The maximum absolute atomic E-state index is 12.4. The van der Waals surface area contributed by atoms with Crippen molar-refractivity contribution in [1.82, 2.24) is 4.98 Å². The van der Waals surface area contributed by atoms with Gasteiger partial charge in [0.25, 0.3) is 0 Å². The van der Waals surface area contributed by atoms with Crippen molar-refractivity contribution in [2.75, 3.05) is 23.3 Å². The zero-order valence-corrected chi connectivity index (χ0v) is 14.8. The van der Waals surface area contributed by atoms with Crippen molar-refractivity contribution in [1.29, 1.82) is 0 Å². The molecule has 1 fully saturated rings. The number of anilines is 2. The zero-order chi connectivity index (χ0) is 17.9. The molecule has 1 aliphatic rings. The van der Waals surface area contributed by atoms with E-state index in [4.69, 9.17) is 0 Å². The van der Waals surface area contributed by atoms with Crippen LogP contribution < -0.4 is 10.2 Å². The van der Waals surface area contributed by atoms with Gasteiger partial charge in [-0.25, -0.2) is 4.98 Å². The van der Waals surface area contributed by atoms with E-state index >= 15 is 0 Å². The third-order valence-corrected chi connectivity index (χ3v) is 4.68. The largest absolute Gasteiger partial charge is 0.385 e. The van der Waals surface area contributed by atoms with E-state index < -0.39 is 5.60 Å². The van der Waals surface area contributed by atoms with Crippen molar-refractivity contribution in [3.05, 3.63) is 53.7 Å². The molecule has 2 heterocycles. The molecule has 0 saturated carbocycles. The molecule has 1 saturated heterocycles. The van der Waals surface area contributed by atoms with Gasteiger partial charge in [0.15, 0.2) is 0 Å². The average Bonchev–Trinajstić information content (AvgIpc) is 3.11. The molecule has 1 aromatic carbocycles. The Hall–Kier alpha value is -2.40. The van der Waals surface area contributed by atoms with Crippen LogP contribution in [0.3, 0.4) is 0 Å². The van der Waals surface area contributed by atoms with Crippen molar-refractivity contribution in [3.63, 3.8) is 0 Å². The number of aryl methyl sites for hydroxylation is 1. The number of aromatic nitrogens is 1. The van der Waals surface area contributed by atoms with Gasteiger partial charge in [-0.15, -0.1) is 0 Å². The summed E-state index contributed by atoms with van der Waals surface area (Å²) in [6, 6.07) is 13.1. The molecule has 1 atom stereocenters. The number of rotatable bonds is 5. The monoisotopic (exact) mass is 339 g/mol. The molecule has 0 aliphatic carbocycles. The highest BCUT2D eigenvalue weighted by Crippen LogP contribution is 2.26. The first kappa shape index (κ1) is 17.4. The number of carbonyl (C=O) groups is 1. The first-order valence-electron chi connectivity index (χ1n) is 8.76. The highest BCUT2D eigenvalue weighted by atomic mass is 16.3. The summed E-state index contributed by atoms with van der Waals surface area (Å²) in [5.74, 6) is 0.733. The summed E-state index contributed by atoms with van der Waals surface area (Å²) in [7, 11) is 0. The molecule has 25 heavy (non-hydrogen) atoms. The predicted molar refractivity (Wildman–Crippen MR) is 99.7 cm³/mol. The van der Waals surface area contributed by atoms with Gasteiger partial charge in [0, 0.05) is 13.1 Å². The number of nitrogens with one attached hydrogen (secondary N) is 1. The van der Waals surface area contributed by atoms with Crippen molar-refractivity contribution >= 4 is 17.4 Å². The molecule has 0 radical (unpaired) electrons. The van der Waals surface area contributed by atoms with Crippen LogP contribution in [-0.2, 0) is 10.4 Å². The molecule has 3 rings (SSSR count). The number of benzene rings is 1. The van der Waals surface area contributed by atoms with Gasteiger partial charge in [0.2, 0.25) is 5.91 Å². The second kappa shape index (κ2) is 7.23. The molecule has 1 amide bonds. The topological polar surface area (TPSA) is 65.5 Å². The lowest BCUT2D eigenvalue weighted by atomic mass is 9.92. The van der Waals surface area contributed by atoms with Gasteiger partial charge in [-0.05, 0) is 44.4 Å². The molecule has 132 valence electrons. The second-order valence-corrected chi connectivity index (χ2v) is 6.86. The molecular formula is C20H25N3O2. The first-order chi connectivity index (χ1) is 12.0. The third kappa shape index (κ3) is 4.17. The van der Waals surface area contributed by atoms with Gasteiger partial charge < -0.3 is 15.3 Å². The van der Waals surface area contributed by atoms with Crippen LogP contribution in [-0.4, -0.2) is 29.1 Å². The molecule has 0 unspecified atom stereocenters. The van der Waals surface area contributed by atoms with Gasteiger partial charge in [0.05, 0.1) is 23.4 Å². The minimum atomic E-state index is -1.21. The van der Waals surface area contributed by atoms with Gasteiger partial charge in [-0.2, -0.15) is 0 Å². The summed E-state index contributed by atoms with van der Waals surface area (Å²) < 4.78 is 0. The lowest BCUT2D eigenvalue weighted by Gasteiger charge is -2.23. The number of nitrogens with zero attached hydrogens (tertiary/aromatic N) is 2. The Morgan fingerprint density at radius 3 is 2.52 bits per heavy atom. The van der Waals surface area contributed by atoms with Crippen LogP contribution in [0.15, 0.2) is 42.5 Å². The summed E-state index contributed by atoms with van der Waals surface area (Å²) >= 11 is 0. The predicted octanol–water partition coefficient (Wildman–Crippen LogP) is 3.23. The molecule has 2 N–H and O–H groups in total. The summed E-state index contributed by atoms with van der Waals surface area (Å²) in [5, 5.41) is 13.5.